The standard InChI is InChI=1S/C20H14ClN3O/c1-2-11-25-20-17(13-22)16(14-6-8-15(21)9-7-14)12-19(24-20)18-5-3-4-10-23-18/h2-10,12H,1,11H2. The Bertz CT molecular complexity index is 932. The number of nitriles is 1. The number of benzene rings is 1. The smallest absolute Gasteiger partial charge is 0.233 e. The third-order valence-electron chi connectivity index (χ3n) is 3.52. The minimum Gasteiger partial charge on any atom is -0.472 e. The van der Waals surface area contributed by atoms with Crippen LogP contribution in [0.3, 0.4) is 0 Å². The van der Waals surface area contributed by atoms with Gasteiger partial charge >= 0.3 is 0 Å². The summed E-state index contributed by atoms with van der Waals surface area (Å²) in [6, 6.07) is 16.9. The van der Waals surface area contributed by atoms with Crippen molar-refractivity contribution >= 4 is 11.6 Å². The summed E-state index contributed by atoms with van der Waals surface area (Å²) in [5.74, 6) is 0.260. The highest BCUT2D eigenvalue weighted by atomic mass is 35.5. The summed E-state index contributed by atoms with van der Waals surface area (Å²) in [4.78, 5) is 8.81. The van der Waals surface area contributed by atoms with Crippen molar-refractivity contribution in [2.24, 2.45) is 0 Å². The van der Waals surface area contributed by atoms with Crippen molar-refractivity contribution in [3.8, 4) is 34.5 Å². The molecule has 0 aliphatic carbocycles. The van der Waals surface area contributed by atoms with E-state index in [2.05, 4.69) is 22.6 Å². The second-order valence-electron chi connectivity index (χ2n) is 5.17. The Morgan fingerprint density at radius 3 is 2.60 bits per heavy atom. The van der Waals surface area contributed by atoms with Crippen LogP contribution in [0.5, 0.6) is 5.88 Å². The van der Waals surface area contributed by atoms with E-state index >= 15 is 0 Å². The number of halogens is 1. The Kier molecular flexibility index (Phi) is 5.08. The quantitative estimate of drug-likeness (QED) is 0.616. The fourth-order valence-corrected chi connectivity index (χ4v) is 2.50. The van der Waals surface area contributed by atoms with Crippen LogP contribution in [0.15, 0.2) is 67.4 Å². The molecule has 0 spiro atoms. The Hall–Kier alpha value is -3.16. The van der Waals surface area contributed by atoms with Crippen LogP contribution in [0.4, 0.5) is 0 Å². The van der Waals surface area contributed by atoms with Gasteiger partial charge in [0.15, 0.2) is 0 Å². The zero-order chi connectivity index (χ0) is 17.6. The zero-order valence-corrected chi connectivity index (χ0v) is 14.1. The van der Waals surface area contributed by atoms with Gasteiger partial charge in [-0.3, -0.25) is 4.98 Å². The molecule has 0 saturated carbocycles. The zero-order valence-electron chi connectivity index (χ0n) is 13.3. The van der Waals surface area contributed by atoms with Crippen LogP contribution in [0.25, 0.3) is 22.5 Å². The van der Waals surface area contributed by atoms with Gasteiger partial charge in [0.25, 0.3) is 0 Å². The molecule has 122 valence electrons. The molecule has 0 atom stereocenters. The minimum absolute atomic E-state index is 0.257. The highest BCUT2D eigenvalue weighted by Gasteiger charge is 2.16. The number of rotatable bonds is 5. The van der Waals surface area contributed by atoms with Gasteiger partial charge < -0.3 is 4.74 Å². The van der Waals surface area contributed by atoms with E-state index in [1.807, 2.05) is 36.4 Å². The Morgan fingerprint density at radius 2 is 1.96 bits per heavy atom. The molecule has 0 amide bonds. The van der Waals surface area contributed by atoms with E-state index in [0.29, 0.717) is 27.5 Å². The molecule has 25 heavy (non-hydrogen) atoms. The number of hydrogen-bond donors (Lipinski definition) is 0. The summed E-state index contributed by atoms with van der Waals surface area (Å²) in [5, 5.41) is 10.3. The summed E-state index contributed by atoms with van der Waals surface area (Å²) in [6.07, 6.45) is 3.31. The predicted molar refractivity (Wildman–Crippen MR) is 98.3 cm³/mol. The maximum absolute atomic E-state index is 9.64. The van der Waals surface area contributed by atoms with E-state index in [4.69, 9.17) is 16.3 Å². The molecule has 5 heteroatoms. The van der Waals surface area contributed by atoms with Gasteiger partial charge in [0.05, 0.1) is 11.4 Å². The van der Waals surface area contributed by atoms with E-state index in [1.165, 1.54) is 0 Å². The molecule has 0 saturated heterocycles. The molecule has 0 aliphatic rings. The van der Waals surface area contributed by atoms with E-state index in [-0.39, 0.29) is 12.5 Å². The largest absolute Gasteiger partial charge is 0.472 e. The van der Waals surface area contributed by atoms with Crippen molar-refractivity contribution in [2.45, 2.75) is 0 Å². The number of nitrogens with zero attached hydrogens (tertiary/aromatic N) is 3. The maximum Gasteiger partial charge on any atom is 0.233 e. The monoisotopic (exact) mass is 347 g/mol. The molecular weight excluding hydrogens is 334 g/mol. The fraction of sp³-hybridized carbons (Fsp3) is 0.0500. The van der Waals surface area contributed by atoms with Crippen molar-refractivity contribution in [1.29, 1.82) is 5.26 Å². The molecule has 4 nitrogen and oxygen atoms in total. The van der Waals surface area contributed by atoms with Crippen molar-refractivity contribution in [3.05, 3.63) is 78.0 Å². The molecule has 2 heterocycles. The van der Waals surface area contributed by atoms with E-state index in [1.54, 1.807) is 24.4 Å². The van der Waals surface area contributed by atoms with Crippen molar-refractivity contribution in [2.75, 3.05) is 6.61 Å². The van der Waals surface area contributed by atoms with Crippen molar-refractivity contribution < 1.29 is 4.74 Å². The lowest BCUT2D eigenvalue weighted by atomic mass is 10.00. The third kappa shape index (κ3) is 3.68. The lowest BCUT2D eigenvalue weighted by Crippen LogP contribution is -2.02. The minimum atomic E-state index is 0.257. The summed E-state index contributed by atoms with van der Waals surface area (Å²) in [6.45, 7) is 3.90. The molecule has 2 aromatic heterocycles. The average molecular weight is 348 g/mol. The highest BCUT2D eigenvalue weighted by molar-refractivity contribution is 6.30. The van der Waals surface area contributed by atoms with Crippen molar-refractivity contribution in [3.63, 3.8) is 0 Å². The second kappa shape index (κ2) is 7.61. The third-order valence-corrected chi connectivity index (χ3v) is 3.77. The molecule has 3 aromatic rings. The van der Waals surface area contributed by atoms with Gasteiger partial charge in [-0.15, -0.1) is 0 Å². The number of hydrogen-bond acceptors (Lipinski definition) is 4. The molecule has 0 radical (unpaired) electrons. The fourth-order valence-electron chi connectivity index (χ4n) is 2.37. The Balaban J connectivity index is 2.22. The lowest BCUT2D eigenvalue weighted by molar-refractivity contribution is 0.348. The molecule has 3 rings (SSSR count). The molecule has 0 unspecified atom stereocenters. The van der Waals surface area contributed by atoms with Crippen LogP contribution in [0, 0.1) is 11.3 Å². The van der Waals surface area contributed by atoms with E-state index in [9.17, 15) is 5.26 Å². The summed E-state index contributed by atoms with van der Waals surface area (Å²) in [5.41, 5.74) is 3.26. The molecule has 0 N–H and O–H groups in total. The number of aromatic nitrogens is 2. The van der Waals surface area contributed by atoms with Crippen LogP contribution in [0.1, 0.15) is 5.56 Å². The highest BCUT2D eigenvalue weighted by Crippen LogP contribution is 2.33. The first-order valence-electron chi connectivity index (χ1n) is 7.59. The summed E-state index contributed by atoms with van der Waals surface area (Å²) < 4.78 is 5.62. The van der Waals surface area contributed by atoms with Gasteiger partial charge in [0.2, 0.25) is 5.88 Å². The number of pyridine rings is 2. The second-order valence-corrected chi connectivity index (χ2v) is 5.60. The molecule has 0 fully saturated rings. The number of ether oxygens (including phenoxy) is 1. The van der Waals surface area contributed by atoms with Crippen molar-refractivity contribution in [1.82, 2.24) is 9.97 Å². The van der Waals surface area contributed by atoms with Gasteiger partial charge in [-0.25, -0.2) is 4.98 Å². The first-order valence-corrected chi connectivity index (χ1v) is 7.97. The van der Waals surface area contributed by atoms with Crippen LogP contribution in [-0.4, -0.2) is 16.6 Å². The van der Waals surface area contributed by atoms with Gasteiger partial charge in [-0.2, -0.15) is 5.26 Å². The van der Waals surface area contributed by atoms with Crippen LogP contribution in [-0.2, 0) is 0 Å². The Labute approximate surface area is 151 Å². The Morgan fingerprint density at radius 1 is 1.16 bits per heavy atom. The first-order chi connectivity index (χ1) is 12.2. The first kappa shape index (κ1) is 16.7. The van der Waals surface area contributed by atoms with Gasteiger partial charge in [-0.1, -0.05) is 42.5 Å². The molecule has 1 aromatic carbocycles. The lowest BCUT2D eigenvalue weighted by Gasteiger charge is -2.12. The normalized spacial score (nSPS) is 10.1. The van der Waals surface area contributed by atoms with E-state index in [0.717, 1.165) is 5.56 Å². The van der Waals surface area contributed by atoms with Gasteiger partial charge in [0, 0.05) is 16.8 Å². The maximum atomic E-state index is 9.64. The molecule has 0 aliphatic heterocycles. The van der Waals surface area contributed by atoms with Crippen LogP contribution >= 0.6 is 11.6 Å². The van der Waals surface area contributed by atoms with E-state index < -0.39 is 0 Å². The predicted octanol–water partition coefficient (Wildman–Crippen LogP) is 4.90. The SMILES string of the molecule is C=CCOc1nc(-c2ccccn2)cc(-c2ccc(Cl)cc2)c1C#N. The van der Waals surface area contributed by atoms with Crippen LogP contribution < -0.4 is 4.74 Å². The molecular formula is C20H14ClN3O. The average Bonchev–Trinajstić information content (AvgIpc) is 2.67. The van der Waals surface area contributed by atoms with Gasteiger partial charge in [-0.05, 0) is 35.9 Å². The summed E-state index contributed by atoms with van der Waals surface area (Å²) >= 11 is 5.98. The summed E-state index contributed by atoms with van der Waals surface area (Å²) in [7, 11) is 0. The van der Waals surface area contributed by atoms with Crippen LogP contribution in [0.2, 0.25) is 5.02 Å². The van der Waals surface area contributed by atoms with Gasteiger partial charge in [0.1, 0.15) is 18.2 Å². The molecule has 0 bridgehead atoms. The topological polar surface area (TPSA) is 58.8 Å².